The highest BCUT2D eigenvalue weighted by molar-refractivity contribution is 6.30. The Bertz CT molecular complexity index is 894. The smallest absolute Gasteiger partial charge is 0.404 e. The second-order valence-corrected chi connectivity index (χ2v) is 7.20. The summed E-state index contributed by atoms with van der Waals surface area (Å²) in [5.74, 6) is 0.517. The molecule has 3 rings (SSSR count). The Labute approximate surface area is 168 Å². The quantitative estimate of drug-likeness (QED) is 0.597. The van der Waals surface area contributed by atoms with Crippen molar-refractivity contribution in [1.29, 1.82) is 5.26 Å². The highest BCUT2D eigenvalue weighted by Gasteiger charge is 2.26. The van der Waals surface area contributed by atoms with E-state index in [0.29, 0.717) is 22.2 Å². The zero-order valence-corrected chi connectivity index (χ0v) is 16.1. The zero-order valence-electron chi connectivity index (χ0n) is 15.4. The van der Waals surface area contributed by atoms with Crippen LogP contribution in [0.4, 0.5) is 22.0 Å². The molecular formula is C19H21ClN6O2. The van der Waals surface area contributed by atoms with Gasteiger partial charge in [-0.2, -0.15) is 5.26 Å². The van der Waals surface area contributed by atoms with Crippen molar-refractivity contribution in [2.75, 3.05) is 10.6 Å². The first kappa shape index (κ1) is 19.7. The number of carboxylic acid groups (broad SMARTS) is 1. The van der Waals surface area contributed by atoms with Crippen LogP contribution in [0.2, 0.25) is 5.02 Å². The predicted octanol–water partition coefficient (Wildman–Crippen LogP) is 4.04. The van der Waals surface area contributed by atoms with E-state index in [4.69, 9.17) is 16.7 Å². The molecule has 8 nitrogen and oxygen atoms in total. The van der Waals surface area contributed by atoms with Gasteiger partial charge in [-0.1, -0.05) is 24.4 Å². The number of carbonyl (C=O) groups is 1. The highest BCUT2D eigenvalue weighted by atomic mass is 35.5. The van der Waals surface area contributed by atoms with E-state index in [2.05, 4.69) is 32.0 Å². The maximum absolute atomic E-state index is 11.0. The highest BCUT2D eigenvalue weighted by Crippen LogP contribution is 2.27. The number of aromatic nitrogens is 2. The number of nitriles is 1. The summed E-state index contributed by atoms with van der Waals surface area (Å²) in [5.41, 5.74) is 2.18. The minimum atomic E-state index is -1.03. The van der Waals surface area contributed by atoms with Crippen molar-refractivity contribution in [1.82, 2.24) is 15.3 Å². The first-order valence-electron chi connectivity index (χ1n) is 9.02. The van der Waals surface area contributed by atoms with E-state index in [9.17, 15) is 10.1 Å². The lowest BCUT2D eigenvalue weighted by molar-refractivity contribution is 0.184. The number of amides is 1. The lowest BCUT2D eigenvalue weighted by Gasteiger charge is -2.32. The van der Waals surface area contributed by atoms with E-state index >= 15 is 0 Å². The molecule has 2 atom stereocenters. The van der Waals surface area contributed by atoms with E-state index in [0.717, 1.165) is 31.4 Å². The Morgan fingerprint density at radius 3 is 2.71 bits per heavy atom. The third kappa shape index (κ3) is 5.02. The van der Waals surface area contributed by atoms with Gasteiger partial charge in [0.05, 0.1) is 23.6 Å². The molecule has 1 fully saturated rings. The number of pyridine rings is 2. The van der Waals surface area contributed by atoms with Crippen molar-refractivity contribution in [3.63, 3.8) is 0 Å². The first-order valence-corrected chi connectivity index (χ1v) is 9.40. The van der Waals surface area contributed by atoms with Gasteiger partial charge in [-0.05, 0) is 38.0 Å². The summed E-state index contributed by atoms with van der Waals surface area (Å²) < 4.78 is 0. The SMILES string of the molecule is Cc1cc(Cl)cc(Nc2cc(N[C@@H]3CCCC[C@@H]3NC(=O)O)cnc2C#N)n1. The van der Waals surface area contributed by atoms with Crippen LogP contribution in [0.1, 0.15) is 37.1 Å². The molecule has 28 heavy (non-hydrogen) atoms. The topological polar surface area (TPSA) is 123 Å². The van der Waals surface area contributed by atoms with Crippen LogP contribution < -0.4 is 16.0 Å². The van der Waals surface area contributed by atoms with Crippen LogP contribution in [-0.2, 0) is 0 Å². The van der Waals surface area contributed by atoms with Gasteiger partial charge in [0, 0.05) is 16.8 Å². The largest absolute Gasteiger partial charge is 0.465 e. The van der Waals surface area contributed by atoms with E-state index < -0.39 is 6.09 Å². The summed E-state index contributed by atoms with van der Waals surface area (Å²) in [6, 6.07) is 7.03. The molecule has 146 valence electrons. The normalized spacial score (nSPS) is 18.8. The van der Waals surface area contributed by atoms with Crippen molar-refractivity contribution >= 4 is 34.9 Å². The molecule has 0 spiro atoms. The minimum absolute atomic E-state index is 0.0426. The molecule has 2 aromatic rings. The first-order chi connectivity index (χ1) is 13.4. The van der Waals surface area contributed by atoms with Gasteiger partial charge in [-0.3, -0.25) is 0 Å². The molecule has 0 aromatic carbocycles. The molecule has 0 aliphatic heterocycles. The molecule has 1 amide bonds. The Morgan fingerprint density at radius 1 is 1.29 bits per heavy atom. The second-order valence-electron chi connectivity index (χ2n) is 6.76. The molecule has 0 unspecified atom stereocenters. The Morgan fingerprint density at radius 2 is 2.04 bits per heavy atom. The molecular weight excluding hydrogens is 380 g/mol. The fourth-order valence-corrected chi connectivity index (χ4v) is 3.67. The van der Waals surface area contributed by atoms with Crippen molar-refractivity contribution in [2.45, 2.75) is 44.7 Å². The summed E-state index contributed by atoms with van der Waals surface area (Å²) in [4.78, 5) is 19.6. The summed E-state index contributed by atoms with van der Waals surface area (Å²) >= 11 is 6.08. The van der Waals surface area contributed by atoms with Gasteiger partial charge < -0.3 is 21.1 Å². The van der Waals surface area contributed by atoms with E-state index in [1.807, 2.05) is 6.92 Å². The molecule has 0 bridgehead atoms. The molecule has 9 heteroatoms. The van der Waals surface area contributed by atoms with Crippen LogP contribution in [0, 0.1) is 18.3 Å². The maximum Gasteiger partial charge on any atom is 0.404 e. The molecule has 4 N–H and O–H groups in total. The van der Waals surface area contributed by atoms with Gasteiger partial charge >= 0.3 is 6.09 Å². The fraction of sp³-hybridized carbons (Fsp3) is 0.368. The van der Waals surface area contributed by atoms with Crippen LogP contribution in [0.15, 0.2) is 24.4 Å². The van der Waals surface area contributed by atoms with E-state index in [-0.39, 0.29) is 17.8 Å². The number of nitrogens with one attached hydrogen (secondary N) is 3. The van der Waals surface area contributed by atoms with Gasteiger partial charge in [0.25, 0.3) is 0 Å². The van der Waals surface area contributed by atoms with Crippen LogP contribution in [0.5, 0.6) is 0 Å². The van der Waals surface area contributed by atoms with Crippen LogP contribution in [0.25, 0.3) is 0 Å². The second kappa shape index (κ2) is 8.76. The summed E-state index contributed by atoms with van der Waals surface area (Å²) in [7, 11) is 0. The van der Waals surface area contributed by atoms with Crippen molar-refractivity contribution in [3.8, 4) is 6.07 Å². The number of halogens is 1. The third-order valence-electron chi connectivity index (χ3n) is 4.60. The average molecular weight is 401 g/mol. The van der Waals surface area contributed by atoms with Gasteiger partial charge in [0.15, 0.2) is 5.69 Å². The standard InChI is InChI=1S/C19H21ClN6O2/c1-11-6-12(20)7-18(23-11)25-16-8-13(10-22-17(16)9-21)24-14-4-2-3-5-15(14)26-19(27)28/h6-8,10,14-15,24,26H,2-5H2,1H3,(H,23,25)(H,27,28)/t14-,15+/m1/s1. The summed E-state index contributed by atoms with van der Waals surface area (Å²) in [6.07, 6.45) is 4.19. The van der Waals surface area contributed by atoms with E-state index in [1.165, 1.54) is 0 Å². The lowest BCUT2D eigenvalue weighted by Crippen LogP contribution is -2.48. The van der Waals surface area contributed by atoms with Gasteiger partial charge in [-0.15, -0.1) is 0 Å². The average Bonchev–Trinajstić information content (AvgIpc) is 2.62. The van der Waals surface area contributed by atoms with Gasteiger partial charge in [-0.25, -0.2) is 14.8 Å². The van der Waals surface area contributed by atoms with Crippen LogP contribution in [-0.4, -0.2) is 33.3 Å². The molecule has 2 heterocycles. The van der Waals surface area contributed by atoms with Crippen molar-refractivity contribution < 1.29 is 9.90 Å². The predicted molar refractivity (Wildman–Crippen MR) is 107 cm³/mol. The van der Waals surface area contributed by atoms with Gasteiger partial charge in [0.2, 0.25) is 0 Å². The Kier molecular flexibility index (Phi) is 6.16. The number of rotatable bonds is 5. The lowest BCUT2D eigenvalue weighted by atomic mass is 9.90. The molecule has 1 aliphatic carbocycles. The molecule has 0 radical (unpaired) electrons. The molecule has 1 aliphatic rings. The number of nitrogens with zero attached hydrogens (tertiary/aromatic N) is 3. The van der Waals surface area contributed by atoms with Gasteiger partial charge in [0.1, 0.15) is 11.9 Å². The summed E-state index contributed by atoms with van der Waals surface area (Å²) in [5, 5.41) is 28.0. The third-order valence-corrected chi connectivity index (χ3v) is 4.82. The van der Waals surface area contributed by atoms with Crippen molar-refractivity contribution in [3.05, 3.63) is 40.8 Å². The van der Waals surface area contributed by atoms with E-state index in [1.54, 1.807) is 24.4 Å². The molecule has 2 aromatic heterocycles. The van der Waals surface area contributed by atoms with Crippen LogP contribution >= 0.6 is 11.6 Å². The number of hydrogen-bond acceptors (Lipinski definition) is 6. The van der Waals surface area contributed by atoms with Crippen LogP contribution in [0.3, 0.4) is 0 Å². The number of hydrogen-bond donors (Lipinski definition) is 4. The monoisotopic (exact) mass is 400 g/mol. The molecule has 1 saturated carbocycles. The Balaban J connectivity index is 1.82. The minimum Gasteiger partial charge on any atom is -0.465 e. The molecule has 0 saturated heterocycles. The van der Waals surface area contributed by atoms with Crippen molar-refractivity contribution in [2.24, 2.45) is 0 Å². The Hall–Kier alpha value is -3.05. The zero-order chi connectivity index (χ0) is 20.1. The maximum atomic E-state index is 11.0. The summed E-state index contributed by atoms with van der Waals surface area (Å²) in [6.45, 7) is 1.83. The number of aryl methyl sites for hydroxylation is 1. The fourth-order valence-electron chi connectivity index (χ4n) is 3.41. The number of anilines is 3.